The first-order valence-electron chi connectivity index (χ1n) is 7.73. The van der Waals surface area contributed by atoms with Crippen molar-refractivity contribution in [3.63, 3.8) is 0 Å². The van der Waals surface area contributed by atoms with Crippen molar-refractivity contribution in [3.8, 4) is 11.5 Å². The molecule has 1 aliphatic heterocycles. The highest BCUT2D eigenvalue weighted by atomic mass is 32.1. The molecule has 5 nitrogen and oxygen atoms in total. The SMILES string of the molecule is Cc1ccc2nc(NCC(=O)c3ccc4c(c3)OCCO4)sc2c1. The minimum Gasteiger partial charge on any atom is -0.486 e. The molecular weight excluding hydrogens is 324 g/mol. The van der Waals surface area contributed by atoms with E-state index in [4.69, 9.17) is 9.47 Å². The number of hydrogen-bond acceptors (Lipinski definition) is 6. The molecule has 1 aliphatic rings. The Morgan fingerprint density at radius 3 is 2.88 bits per heavy atom. The van der Waals surface area contributed by atoms with E-state index in [1.807, 2.05) is 12.1 Å². The fourth-order valence-electron chi connectivity index (χ4n) is 2.58. The van der Waals surface area contributed by atoms with Crippen LogP contribution in [0.15, 0.2) is 36.4 Å². The Hall–Kier alpha value is -2.60. The average Bonchev–Trinajstić information content (AvgIpc) is 3.01. The zero-order valence-corrected chi connectivity index (χ0v) is 14.0. The number of carbonyl (C=O) groups excluding carboxylic acids is 1. The van der Waals surface area contributed by atoms with Crippen LogP contribution in [0.3, 0.4) is 0 Å². The van der Waals surface area contributed by atoms with Crippen LogP contribution in [-0.2, 0) is 0 Å². The van der Waals surface area contributed by atoms with Crippen molar-refractivity contribution in [2.24, 2.45) is 0 Å². The lowest BCUT2D eigenvalue weighted by molar-refractivity contribution is 0.100. The number of aromatic nitrogens is 1. The molecule has 0 amide bonds. The molecule has 24 heavy (non-hydrogen) atoms. The van der Waals surface area contributed by atoms with Gasteiger partial charge in [-0.25, -0.2) is 4.98 Å². The van der Waals surface area contributed by atoms with Crippen molar-refractivity contribution in [2.45, 2.75) is 6.92 Å². The summed E-state index contributed by atoms with van der Waals surface area (Å²) >= 11 is 1.55. The van der Waals surface area contributed by atoms with Gasteiger partial charge >= 0.3 is 0 Å². The van der Waals surface area contributed by atoms with Crippen LogP contribution in [0.4, 0.5) is 5.13 Å². The lowest BCUT2D eigenvalue weighted by atomic mass is 10.1. The Bertz CT molecular complexity index is 920. The summed E-state index contributed by atoms with van der Waals surface area (Å²) in [5.41, 5.74) is 2.74. The highest BCUT2D eigenvalue weighted by Gasteiger charge is 2.15. The van der Waals surface area contributed by atoms with Gasteiger partial charge < -0.3 is 14.8 Å². The minimum absolute atomic E-state index is 0.0117. The van der Waals surface area contributed by atoms with Gasteiger partial charge in [-0.1, -0.05) is 17.4 Å². The molecule has 2 heterocycles. The molecule has 6 heteroatoms. The Kier molecular flexibility index (Phi) is 3.82. The van der Waals surface area contributed by atoms with Crippen LogP contribution in [0, 0.1) is 6.92 Å². The largest absolute Gasteiger partial charge is 0.486 e. The molecule has 0 unspecified atom stereocenters. The fourth-order valence-corrected chi connectivity index (χ4v) is 3.54. The number of nitrogens with one attached hydrogen (secondary N) is 1. The highest BCUT2D eigenvalue weighted by Crippen LogP contribution is 2.31. The summed E-state index contributed by atoms with van der Waals surface area (Å²) in [5, 5.41) is 3.87. The number of fused-ring (bicyclic) bond motifs is 2. The average molecular weight is 340 g/mol. The zero-order valence-electron chi connectivity index (χ0n) is 13.2. The van der Waals surface area contributed by atoms with E-state index >= 15 is 0 Å². The van der Waals surface area contributed by atoms with E-state index in [9.17, 15) is 4.79 Å². The number of ether oxygens (including phenoxy) is 2. The first kappa shape index (κ1) is 15.0. The maximum Gasteiger partial charge on any atom is 0.184 e. The standard InChI is InChI=1S/C18H16N2O3S/c1-11-2-4-13-17(8-11)24-18(20-13)19-10-14(21)12-3-5-15-16(9-12)23-7-6-22-15/h2-5,8-9H,6-7,10H2,1H3,(H,19,20). The number of nitrogens with zero attached hydrogens (tertiary/aromatic N) is 1. The van der Waals surface area contributed by atoms with E-state index in [1.165, 1.54) is 5.56 Å². The normalized spacial score (nSPS) is 13.0. The van der Waals surface area contributed by atoms with Crippen molar-refractivity contribution in [1.82, 2.24) is 4.98 Å². The van der Waals surface area contributed by atoms with Gasteiger partial charge in [0.05, 0.1) is 16.8 Å². The summed E-state index contributed by atoms with van der Waals surface area (Å²) in [5.74, 6) is 1.30. The summed E-state index contributed by atoms with van der Waals surface area (Å²) < 4.78 is 12.1. The van der Waals surface area contributed by atoms with Gasteiger partial charge in [0.1, 0.15) is 13.2 Å². The third-order valence-electron chi connectivity index (χ3n) is 3.81. The maximum atomic E-state index is 12.4. The summed E-state index contributed by atoms with van der Waals surface area (Å²) in [6, 6.07) is 11.4. The van der Waals surface area contributed by atoms with Gasteiger partial charge in [-0.15, -0.1) is 0 Å². The van der Waals surface area contributed by atoms with Crippen LogP contribution in [0.5, 0.6) is 11.5 Å². The van der Waals surface area contributed by atoms with Gasteiger partial charge in [-0.05, 0) is 42.8 Å². The summed E-state index contributed by atoms with van der Waals surface area (Å²) in [7, 11) is 0. The minimum atomic E-state index is -0.0117. The van der Waals surface area contributed by atoms with E-state index in [1.54, 1.807) is 29.5 Å². The first-order valence-corrected chi connectivity index (χ1v) is 8.54. The number of anilines is 1. The number of hydrogen-bond donors (Lipinski definition) is 1. The van der Waals surface area contributed by atoms with Crippen LogP contribution >= 0.6 is 11.3 Å². The maximum absolute atomic E-state index is 12.4. The topological polar surface area (TPSA) is 60.5 Å². The van der Waals surface area contributed by atoms with E-state index < -0.39 is 0 Å². The third kappa shape index (κ3) is 2.92. The van der Waals surface area contributed by atoms with Gasteiger partial charge in [-0.2, -0.15) is 0 Å². The van der Waals surface area contributed by atoms with Crippen molar-refractivity contribution < 1.29 is 14.3 Å². The van der Waals surface area contributed by atoms with Crippen molar-refractivity contribution in [3.05, 3.63) is 47.5 Å². The second kappa shape index (κ2) is 6.13. The van der Waals surface area contributed by atoms with Crippen molar-refractivity contribution >= 4 is 32.5 Å². The molecule has 0 radical (unpaired) electrons. The number of aryl methyl sites for hydroxylation is 1. The number of rotatable bonds is 4. The number of Topliss-reactive ketones (excluding diaryl/α,β-unsaturated/α-hetero) is 1. The molecule has 3 aromatic rings. The van der Waals surface area contributed by atoms with E-state index in [-0.39, 0.29) is 12.3 Å². The molecule has 4 rings (SSSR count). The Morgan fingerprint density at radius 1 is 1.17 bits per heavy atom. The van der Waals surface area contributed by atoms with Gasteiger partial charge in [0.15, 0.2) is 22.4 Å². The van der Waals surface area contributed by atoms with Crippen LogP contribution in [-0.4, -0.2) is 30.5 Å². The molecule has 0 saturated carbocycles. The second-order valence-electron chi connectivity index (χ2n) is 5.63. The summed E-state index contributed by atoms with van der Waals surface area (Å²) in [4.78, 5) is 16.9. The predicted octanol–water partition coefficient (Wildman–Crippen LogP) is 3.67. The van der Waals surface area contributed by atoms with Crippen LogP contribution in [0.2, 0.25) is 0 Å². The molecule has 0 bridgehead atoms. The molecule has 0 spiro atoms. The molecule has 2 aromatic carbocycles. The van der Waals surface area contributed by atoms with Crippen molar-refractivity contribution in [2.75, 3.05) is 25.1 Å². The van der Waals surface area contributed by atoms with Crippen molar-refractivity contribution in [1.29, 1.82) is 0 Å². The number of thiazole rings is 1. The lowest BCUT2D eigenvalue weighted by Gasteiger charge is -2.18. The summed E-state index contributed by atoms with van der Waals surface area (Å²) in [6.45, 7) is 3.29. The number of carbonyl (C=O) groups is 1. The lowest BCUT2D eigenvalue weighted by Crippen LogP contribution is -2.17. The van der Waals surface area contributed by atoms with E-state index in [2.05, 4.69) is 23.3 Å². The Labute approximate surface area is 143 Å². The monoisotopic (exact) mass is 340 g/mol. The quantitative estimate of drug-likeness (QED) is 0.734. The number of ketones is 1. The Morgan fingerprint density at radius 2 is 2.00 bits per heavy atom. The molecule has 0 saturated heterocycles. The molecular formula is C18H16N2O3S. The van der Waals surface area contributed by atoms with Gasteiger partial charge in [0.2, 0.25) is 0 Å². The number of benzene rings is 2. The smallest absolute Gasteiger partial charge is 0.184 e. The van der Waals surface area contributed by atoms with Gasteiger partial charge in [0, 0.05) is 5.56 Å². The van der Waals surface area contributed by atoms with Crippen LogP contribution in [0.25, 0.3) is 10.2 Å². The molecule has 122 valence electrons. The van der Waals surface area contributed by atoms with E-state index in [0.717, 1.165) is 15.3 Å². The molecule has 0 fully saturated rings. The molecule has 0 aliphatic carbocycles. The Balaban J connectivity index is 1.47. The zero-order chi connectivity index (χ0) is 16.5. The first-order chi connectivity index (χ1) is 11.7. The van der Waals surface area contributed by atoms with Crippen LogP contribution < -0.4 is 14.8 Å². The predicted molar refractivity (Wildman–Crippen MR) is 94.6 cm³/mol. The highest BCUT2D eigenvalue weighted by molar-refractivity contribution is 7.22. The molecule has 1 N–H and O–H groups in total. The summed E-state index contributed by atoms with van der Waals surface area (Å²) in [6.07, 6.45) is 0. The van der Waals surface area contributed by atoms with Crippen LogP contribution in [0.1, 0.15) is 15.9 Å². The van der Waals surface area contributed by atoms with Gasteiger partial charge in [-0.3, -0.25) is 4.79 Å². The molecule has 1 aromatic heterocycles. The fraction of sp³-hybridized carbons (Fsp3) is 0.222. The molecule has 0 atom stereocenters. The second-order valence-corrected chi connectivity index (χ2v) is 6.66. The third-order valence-corrected chi connectivity index (χ3v) is 4.78. The van der Waals surface area contributed by atoms with Gasteiger partial charge in [0.25, 0.3) is 0 Å². The van der Waals surface area contributed by atoms with E-state index in [0.29, 0.717) is 30.3 Å².